The van der Waals surface area contributed by atoms with E-state index >= 15 is 0 Å². The number of hydrogen-bond acceptors (Lipinski definition) is 3. The molecule has 0 radical (unpaired) electrons. The highest BCUT2D eigenvalue weighted by Crippen LogP contribution is 2.37. The molecule has 6 heteroatoms. The van der Waals surface area contributed by atoms with E-state index in [2.05, 4.69) is 11.4 Å². The average Bonchev–Trinajstić information content (AvgIpc) is 3.26. The van der Waals surface area contributed by atoms with Crippen molar-refractivity contribution in [2.45, 2.75) is 31.8 Å². The summed E-state index contributed by atoms with van der Waals surface area (Å²) in [5.74, 6) is 0.994. The Kier molecular flexibility index (Phi) is 5.29. The van der Waals surface area contributed by atoms with Gasteiger partial charge in [-0.1, -0.05) is 11.6 Å². The maximum Gasteiger partial charge on any atom is 0.404 e. The van der Waals surface area contributed by atoms with E-state index in [-0.39, 0.29) is 6.10 Å². The number of carboxylic acid groups (broad SMARTS) is 1. The van der Waals surface area contributed by atoms with Crippen LogP contribution in [0.4, 0.5) is 4.79 Å². The van der Waals surface area contributed by atoms with E-state index in [1.165, 1.54) is 0 Å². The molecule has 1 amide bonds. The summed E-state index contributed by atoms with van der Waals surface area (Å²) in [6, 6.07) is 7.06. The molecule has 1 fully saturated rings. The van der Waals surface area contributed by atoms with Crippen molar-refractivity contribution >= 4 is 17.7 Å². The van der Waals surface area contributed by atoms with Crippen LogP contribution in [-0.2, 0) is 0 Å². The second-order valence-electron chi connectivity index (χ2n) is 5.12. The highest BCUT2D eigenvalue weighted by Gasteiger charge is 2.33. The zero-order valence-electron chi connectivity index (χ0n) is 11.5. The smallest absolute Gasteiger partial charge is 0.404 e. The van der Waals surface area contributed by atoms with Crippen molar-refractivity contribution in [3.05, 3.63) is 28.8 Å². The van der Waals surface area contributed by atoms with Gasteiger partial charge in [-0.15, -0.1) is 0 Å². The predicted molar refractivity (Wildman–Crippen MR) is 78.6 cm³/mol. The third-order valence-corrected chi connectivity index (χ3v) is 3.67. The second-order valence-corrected chi connectivity index (χ2v) is 5.56. The number of nitrogens with zero attached hydrogens (tertiary/aromatic N) is 1. The molecule has 1 saturated carbocycles. The van der Waals surface area contributed by atoms with Gasteiger partial charge in [0.15, 0.2) is 0 Å². The van der Waals surface area contributed by atoms with Gasteiger partial charge in [0.25, 0.3) is 0 Å². The number of carbonyl (C=O) groups is 1. The van der Waals surface area contributed by atoms with Crippen molar-refractivity contribution in [2.24, 2.45) is 5.92 Å². The number of benzene rings is 1. The van der Waals surface area contributed by atoms with Crippen molar-refractivity contribution < 1.29 is 14.6 Å². The van der Waals surface area contributed by atoms with Crippen molar-refractivity contribution in [1.29, 1.82) is 5.26 Å². The molecular formula is C15H17ClN2O3. The van der Waals surface area contributed by atoms with E-state index in [1.54, 1.807) is 18.2 Å². The molecule has 0 bridgehead atoms. The molecule has 1 atom stereocenters. The molecule has 0 aromatic heterocycles. The van der Waals surface area contributed by atoms with Crippen LogP contribution in [-0.4, -0.2) is 23.8 Å². The topological polar surface area (TPSA) is 82.3 Å². The Labute approximate surface area is 128 Å². The fourth-order valence-corrected chi connectivity index (χ4v) is 2.37. The Bertz CT molecular complexity index is 552. The van der Waals surface area contributed by atoms with Crippen molar-refractivity contribution in [2.75, 3.05) is 6.54 Å². The third kappa shape index (κ3) is 4.83. The van der Waals surface area contributed by atoms with E-state index in [4.69, 9.17) is 26.7 Å². The van der Waals surface area contributed by atoms with E-state index in [0.29, 0.717) is 35.2 Å². The van der Waals surface area contributed by atoms with Gasteiger partial charge >= 0.3 is 6.09 Å². The van der Waals surface area contributed by atoms with Gasteiger partial charge in [-0.25, -0.2) is 4.79 Å². The monoisotopic (exact) mass is 308 g/mol. The summed E-state index contributed by atoms with van der Waals surface area (Å²) in [6.07, 6.45) is 2.67. The molecule has 21 heavy (non-hydrogen) atoms. The molecule has 0 saturated heterocycles. The van der Waals surface area contributed by atoms with Crippen molar-refractivity contribution in [3.63, 3.8) is 0 Å². The van der Waals surface area contributed by atoms with Crippen LogP contribution in [0.15, 0.2) is 18.2 Å². The van der Waals surface area contributed by atoms with Gasteiger partial charge in [0.1, 0.15) is 17.9 Å². The van der Waals surface area contributed by atoms with Gasteiger partial charge in [-0.3, -0.25) is 0 Å². The van der Waals surface area contributed by atoms with Crippen LogP contribution in [0.1, 0.15) is 31.2 Å². The molecule has 5 nitrogen and oxygen atoms in total. The average molecular weight is 309 g/mol. The Morgan fingerprint density at radius 3 is 2.95 bits per heavy atom. The third-order valence-electron chi connectivity index (χ3n) is 3.43. The number of nitrogens with one attached hydrogen (secondary N) is 1. The van der Waals surface area contributed by atoms with Crippen molar-refractivity contribution in [1.82, 2.24) is 5.32 Å². The molecule has 2 N–H and O–H groups in total. The Morgan fingerprint density at radius 1 is 1.57 bits per heavy atom. The SMILES string of the molecule is N#Cc1ccc(Cl)cc1OC(CCCNC(=O)O)C1CC1. The van der Waals surface area contributed by atoms with E-state index in [9.17, 15) is 4.79 Å². The van der Waals surface area contributed by atoms with Crippen molar-refractivity contribution in [3.8, 4) is 11.8 Å². The Hall–Kier alpha value is -1.93. The van der Waals surface area contributed by atoms with E-state index in [1.807, 2.05) is 0 Å². The van der Waals surface area contributed by atoms with Gasteiger partial charge in [-0.2, -0.15) is 5.26 Å². The maximum absolute atomic E-state index is 10.4. The number of nitriles is 1. The number of rotatable bonds is 7. The second kappa shape index (κ2) is 7.19. The van der Waals surface area contributed by atoms with Crippen LogP contribution in [0.5, 0.6) is 5.75 Å². The number of halogens is 1. The minimum atomic E-state index is -1.01. The molecule has 1 aliphatic carbocycles. The number of hydrogen-bond donors (Lipinski definition) is 2. The summed E-state index contributed by atoms with van der Waals surface area (Å²) < 4.78 is 5.97. The molecule has 1 aromatic rings. The lowest BCUT2D eigenvalue weighted by Gasteiger charge is -2.19. The summed E-state index contributed by atoms with van der Waals surface area (Å²) in [7, 11) is 0. The standard InChI is InChI=1S/C15H17ClN2O3/c16-12-6-5-11(9-17)14(8-12)21-13(10-3-4-10)2-1-7-18-15(19)20/h5-6,8,10,13,18H,1-4,7H2,(H,19,20). The lowest BCUT2D eigenvalue weighted by molar-refractivity contribution is 0.162. The van der Waals surface area contributed by atoms with Gasteiger partial charge < -0.3 is 15.2 Å². The molecule has 1 aromatic carbocycles. The molecular weight excluding hydrogens is 292 g/mol. The van der Waals surface area contributed by atoms with Gasteiger partial charge in [0.2, 0.25) is 0 Å². The minimum absolute atomic E-state index is 0.00571. The van der Waals surface area contributed by atoms with E-state index < -0.39 is 6.09 Å². The molecule has 1 unspecified atom stereocenters. The highest BCUT2D eigenvalue weighted by atomic mass is 35.5. The normalized spacial score (nSPS) is 15.0. The zero-order valence-corrected chi connectivity index (χ0v) is 12.3. The van der Waals surface area contributed by atoms with Gasteiger partial charge in [0, 0.05) is 17.6 Å². The molecule has 112 valence electrons. The summed E-state index contributed by atoms with van der Waals surface area (Å²) in [5, 5.41) is 20.5. The van der Waals surface area contributed by atoms with Crippen LogP contribution in [0.3, 0.4) is 0 Å². The highest BCUT2D eigenvalue weighted by molar-refractivity contribution is 6.30. The largest absolute Gasteiger partial charge is 0.489 e. The quantitative estimate of drug-likeness (QED) is 0.756. The minimum Gasteiger partial charge on any atom is -0.489 e. The number of ether oxygens (including phenoxy) is 1. The summed E-state index contributed by atoms with van der Waals surface area (Å²) in [6.45, 7) is 0.405. The first kappa shape index (κ1) is 15.5. The first-order valence-electron chi connectivity index (χ1n) is 6.93. The Balaban J connectivity index is 1.95. The lowest BCUT2D eigenvalue weighted by atomic mass is 10.1. The van der Waals surface area contributed by atoms with Crippen LogP contribution < -0.4 is 10.1 Å². The number of amides is 1. The van der Waals surface area contributed by atoms with E-state index in [0.717, 1.165) is 19.3 Å². The fourth-order valence-electron chi connectivity index (χ4n) is 2.21. The molecule has 2 rings (SSSR count). The first-order valence-corrected chi connectivity index (χ1v) is 7.31. The predicted octanol–water partition coefficient (Wildman–Crippen LogP) is 3.42. The molecule has 1 aliphatic rings. The first-order chi connectivity index (χ1) is 10.1. The van der Waals surface area contributed by atoms with Crippen LogP contribution >= 0.6 is 11.6 Å². The van der Waals surface area contributed by atoms with Gasteiger partial charge in [0.05, 0.1) is 5.56 Å². The fraction of sp³-hybridized carbons (Fsp3) is 0.467. The van der Waals surface area contributed by atoms with Crippen LogP contribution in [0, 0.1) is 17.2 Å². The summed E-state index contributed by atoms with van der Waals surface area (Å²) in [4.78, 5) is 10.4. The lowest BCUT2D eigenvalue weighted by Crippen LogP contribution is -2.25. The zero-order chi connectivity index (χ0) is 15.2. The van der Waals surface area contributed by atoms with Gasteiger partial charge in [-0.05, 0) is 43.7 Å². The molecule has 0 heterocycles. The van der Waals surface area contributed by atoms with Crippen LogP contribution in [0.25, 0.3) is 0 Å². The summed E-state index contributed by atoms with van der Waals surface area (Å²) >= 11 is 5.95. The summed E-state index contributed by atoms with van der Waals surface area (Å²) in [5.41, 5.74) is 0.466. The Morgan fingerprint density at radius 2 is 2.33 bits per heavy atom. The maximum atomic E-state index is 10.4. The molecule has 0 aliphatic heterocycles. The van der Waals surface area contributed by atoms with Crippen LogP contribution in [0.2, 0.25) is 5.02 Å². The molecule has 0 spiro atoms.